The van der Waals surface area contributed by atoms with E-state index in [1.807, 2.05) is 12.1 Å². The molecular formula is C34H37Cl2FN6O3. The Balaban J connectivity index is 1.35. The Labute approximate surface area is 277 Å². The second kappa shape index (κ2) is 14.7. The lowest BCUT2D eigenvalue weighted by Crippen LogP contribution is -2.35. The molecule has 1 aliphatic rings. The summed E-state index contributed by atoms with van der Waals surface area (Å²) in [4.78, 5) is 20.7. The Bertz CT molecular complexity index is 1720. The number of aromatic nitrogens is 2. The number of aliphatic hydroxyl groups is 1. The predicted molar refractivity (Wildman–Crippen MR) is 180 cm³/mol. The summed E-state index contributed by atoms with van der Waals surface area (Å²) < 4.78 is 21.0. The number of hydrogen-bond acceptors (Lipinski definition) is 8. The average molecular weight is 668 g/mol. The maximum Gasteiger partial charge on any atom is 0.220 e. The van der Waals surface area contributed by atoms with Crippen LogP contribution >= 0.6 is 23.2 Å². The van der Waals surface area contributed by atoms with E-state index in [1.165, 1.54) is 0 Å². The topological polar surface area (TPSA) is 120 Å². The molecule has 5 N–H and O–H groups in total. The van der Waals surface area contributed by atoms with Crippen molar-refractivity contribution >= 4 is 40.5 Å². The van der Waals surface area contributed by atoms with Crippen molar-refractivity contribution in [3.05, 3.63) is 87.8 Å². The fourth-order valence-corrected chi connectivity index (χ4v) is 5.82. The van der Waals surface area contributed by atoms with E-state index in [4.69, 9.17) is 32.9 Å². The summed E-state index contributed by atoms with van der Waals surface area (Å²) in [6, 6.07) is 16.1. The Kier molecular flexibility index (Phi) is 10.8. The lowest BCUT2D eigenvalue weighted by atomic mass is 10.0. The second-order valence-electron chi connectivity index (χ2n) is 11.8. The number of methoxy groups -OCH3 is 1. The van der Waals surface area contributed by atoms with Gasteiger partial charge in [-0.1, -0.05) is 53.5 Å². The van der Waals surface area contributed by atoms with Crippen molar-refractivity contribution < 1.29 is 19.0 Å². The SMILES string of the molecule is COc1nc(-c2ccnc(-c3cccc(Nc4cccc(CNCC(C)(C)O)c4F)c3Cl)c2Cl)ccc1CNC[C@H]1CCC(=O)N1. The Morgan fingerprint density at radius 1 is 1.00 bits per heavy atom. The lowest BCUT2D eigenvalue weighted by molar-refractivity contribution is -0.119. The van der Waals surface area contributed by atoms with Gasteiger partial charge in [-0.2, -0.15) is 0 Å². The number of benzene rings is 2. The molecule has 9 nitrogen and oxygen atoms in total. The molecular weight excluding hydrogens is 630 g/mol. The van der Waals surface area contributed by atoms with Gasteiger partial charge in [0.1, 0.15) is 0 Å². The van der Waals surface area contributed by atoms with E-state index >= 15 is 4.39 Å². The van der Waals surface area contributed by atoms with Gasteiger partial charge in [-0.25, -0.2) is 9.37 Å². The molecule has 0 unspecified atom stereocenters. The molecule has 1 aliphatic heterocycles. The van der Waals surface area contributed by atoms with Crippen LogP contribution in [0.25, 0.3) is 22.5 Å². The minimum atomic E-state index is -0.910. The molecule has 0 aliphatic carbocycles. The first kappa shape index (κ1) is 33.6. The zero-order valence-corrected chi connectivity index (χ0v) is 27.4. The van der Waals surface area contributed by atoms with Gasteiger partial charge in [0, 0.05) is 67.1 Å². The number of amides is 1. The van der Waals surface area contributed by atoms with Crippen LogP contribution in [0.4, 0.5) is 15.8 Å². The molecule has 1 atom stereocenters. The van der Waals surface area contributed by atoms with Crippen LogP contribution in [-0.4, -0.2) is 52.8 Å². The Morgan fingerprint density at radius 3 is 2.50 bits per heavy atom. The van der Waals surface area contributed by atoms with Crippen LogP contribution in [0, 0.1) is 5.82 Å². The number of anilines is 2. The van der Waals surface area contributed by atoms with Gasteiger partial charge in [-0.15, -0.1) is 0 Å². The molecule has 242 valence electrons. The van der Waals surface area contributed by atoms with Crippen molar-refractivity contribution in [1.82, 2.24) is 25.9 Å². The Morgan fingerprint density at radius 2 is 1.76 bits per heavy atom. The van der Waals surface area contributed by atoms with E-state index in [-0.39, 0.29) is 24.2 Å². The Hall–Kier alpha value is -3.80. The third-order valence-electron chi connectivity index (χ3n) is 7.56. The molecule has 2 aromatic heterocycles. The van der Waals surface area contributed by atoms with Crippen LogP contribution in [0.5, 0.6) is 5.88 Å². The highest BCUT2D eigenvalue weighted by atomic mass is 35.5. The highest BCUT2D eigenvalue weighted by Gasteiger charge is 2.21. The van der Waals surface area contributed by atoms with Crippen molar-refractivity contribution in [3.63, 3.8) is 0 Å². The molecule has 0 bridgehead atoms. The van der Waals surface area contributed by atoms with Crippen LogP contribution in [0.3, 0.4) is 0 Å². The molecule has 4 aromatic rings. The fourth-order valence-electron chi connectivity index (χ4n) is 5.24. The summed E-state index contributed by atoms with van der Waals surface area (Å²) >= 11 is 13.8. The zero-order chi connectivity index (χ0) is 32.8. The summed E-state index contributed by atoms with van der Waals surface area (Å²) in [5.74, 6) is 0.119. The molecule has 1 amide bonds. The number of ether oxygens (including phenoxy) is 1. The average Bonchev–Trinajstić information content (AvgIpc) is 3.44. The summed E-state index contributed by atoms with van der Waals surface area (Å²) in [5, 5.41) is 23.1. The normalized spacial score (nSPS) is 14.8. The van der Waals surface area contributed by atoms with Crippen molar-refractivity contribution in [2.45, 2.75) is 51.4 Å². The van der Waals surface area contributed by atoms with Gasteiger partial charge in [-0.3, -0.25) is 9.78 Å². The predicted octanol–water partition coefficient (Wildman–Crippen LogP) is 6.24. The molecule has 5 rings (SSSR count). The summed E-state index contributed by atoms with van der Waals surface area (Å²) in [5.41, 5.74) is 3.40. The lowest BCUT2D eigenvalue weighted by Gasteiger charge is -2.18. The highest BCUT2D eigenvalue weighted by molar-refractivity contribution is 6.39. The number of nitrogens with zero attached hydrogens (tertiary/aromatic N) is 2. The summed E-state index contributed by atoms with van der Waals surface area (Å²) in [7, 11) is 1.57. The van der Waals surface area contributed by atoms with Gasteiger partial charge >= 0.3 is 0 Å². The van der Waals surface area contributed by atoms with E-state index in [2.05, 4.69) is 26.3 Å². The molecule has 1 saturated heterocycles. The first-order chi connectivity index (χ1) is 22.0. The molecule has 12 heteroatoms. The van der Waals surface area contributed by atoms with E-state index in [1.54, 1.807) is 69.6 Å². The van der Waals surface area contributed by atoms with E-state index in [9.17, 15) is 9.90 Å². The summed E-state index contributed by atoms with van der Waals surface area (Å²) in [6.07, 6.45) is 3.01. The fraction of sp³-hybridized carbons (Fsp3) is 0.324. The zero-order valence-electron chi connectivity index (χ0n) is 25.9. The quantitative estimate of drug-likeness (QED) is 0.114. The number of rotatable bonds is 13. The standard InChI is InChI=1S/C34H37Cl2FN6O3/c1-34(2,45)19-39-16-20-6-4-9-27(31(20)37)42-26-8-5-7-24(29(26)35)32-30(36)23(14-15-40-32)25-12-10-21(33(43-25)46-3)17-38-18-22-11-13-28(44)41-22/h4-10,12,14-15,22,38-39,42,45H,11,13,16-19H2,1-3H3,(H,41,44)/t22-/m1/s1. The van der Waals surface area contributed by atoms with Crippen molar-refractivity contribution in [2.24, 2.45) is 0 Å². The van der Waals surface area contributed by atoms with Crippen LogP contribution in [0.1, 0.15) is 37.8 Å². The van der Waals surface area contributed by atoms with Crippen LogP contribution in [-0.2, 0) is 17.9 Å². The first-order valence-electron chi connectivity index (χ1n) is 15.0. The molecule has 46 heavy (non-hydrogen) atoms. The number of carbonyl (C=O) groups is 1. The molecule has 3 heterocycles. The molecule has 0 radical (unpaired) electrons. The monoisotopic (exact) mass is 666 g/mol. The largest absolute Gasteiger partial charge is 0.481 e. The van der Waals surface area contributed by atoms with Crippen LogP contribution < -0.4 is 26.0 Å². The van der Waals surface area contributed by atoms with Crippen molar-refractivity contribution in [1.29, 1.82) is 0 Å². The first-order valence-corrected chi connectivity index (χ1v) is 15.7. The van der Waals surface area contributed by atoms with Crippen LogP contribution in [0.15, 0.2) is 60.8 Å². The minimum Gasteiger partial charge on any atom is -0.481 e. The van der Waals surface area contributed by atoms with Gasteiger partial charge in [0.25, 0.3) is 0 Å². The third kappa shape index (κ3) is 8.12. The van der Waals surface area contributed by atoms with Gasteiger partial charge in [0.15, 0.2) is 5.82 Å². The minimum absolute atomic E-state index is 0.0836. The van der Waals surface area contributed by atoms with Gasteiger partial charge < -0.3 is 31.1 Å². The maximum atomic E-state index is 15.4. The molecule has 1 fully saturated rings. The van der Waals surface area contributed by atoms with Gasteiger partial charge in [0.05, 0.1) is 45.5 Å². The third-order valence-corrected chi connectivity index (χ3v) is 8.35. The number of carbonyl (C=O) groups excluding carboxylic acids is 1. The van der Waals surface area contributed by atoms with E-state index in [0.29, 0.717) is 75.7 Å². The highest BCUT2D eigenvalue weighted by Crippen LogP contribution is 2.41. The molecule has 0 spiro atoms. The summed E-state index contributed by atoms with van der Waals surface area (Å²) in [6.45, 7) is 5.12. The van der Waals surface area contributed by atoms with Crippen molar-refractivity contribution in [3.8, 4) is 28.4 Å². The van der Waals surface area contributed by atoms with Crippen molar-refractivity contribution in [2.75, 3.05) is 25.5 Å². The van der Waals surface area contributed by atoms with Crippen LogP contribution in [0.2, 0.25) is 10.0 Å². The molecule has 2 aromatic carbocycles. The second-order valence-corrected chi connectivity index (χ2v) is 12.6. The van der Waals surface area contributed by atoms with Gasteiger partial charge in [0.2, 0.25) is 11.8 Å². The number of nitrogens with one attached hydrogen (secondary N) is 4. The van der Waals surface area contributed by atoms with Gasteiger partial charge in [-0.05, 0) is 44.5 Å². The molecule has 0 saturated carbocycles. The smallest absolute Gasteiger partial charge is 0.220 e. The number of pyridine rings is 2. The number of hydrogen-bond donors (Lipinski definition) is 5. The van der Waals surface area contributed by atoms with E-state index in [0.717, 1.165) is 12.0 Å². The maximum absolute atomic E-state index is 15.4. The number of halogens is 3. The van der Waals surface area contributed by atoms with E-state index < -0.39 is 11.4 Å².